The predicted molar refractivity (Wildman–Crippen MR) is 127 cm³/mol. The smallest absolute Gasteiger partial charge is 0.123 e. The van der Waals surface area contributed by atoms with E-state index in [4.69, 9.17) is 18.9 Å². The second-order valence-electron chi connectivity index (χ2n) is 10.3. The second kappa shape index (κ2) is 8.92. The Morgan fingerprint density at radius 2 is 1.59 bits per heavy atom. The highest BCUT2D eigenvalue weighted by atomic mass is 16.6. The molecular weight excluding hydrogens is 400 g/mol. The van der Waals surface area contributed by atoms with E-state index in [1.54, 1.807) is 0 Å². The Morgan fingerprint density at radius 3 is 2.19 bits per heavy atom. The van der Waals surface area contributed by atoms with Crippen LogP contribution in [0, 0.1) is 0 Å². The first-order valence-electron chi connectivity index (χ1n) is 11.9. The molecule has 4 nitrogen and oxygen atoms in total. The molecule has 2 aromatic rings. The Morgan fingerprint density at radius 1 is 0.906 bits per heavy atom. The molecule has 2 aliphatic heterocycles. The van der Waals surface area contributed by atoms with Gasteiger partial charge in [0.25, 0.3) is 0 Å². The zero-order valence-electron chi connectivity index (χ0n) is 19.4. The minimum atomic E-state index is 0.0307. The first-order valence-corrected chi connectivity index (χ1v) is 11.9. The van der Waals surface area contributed by atoms with Gasteiger partial charge in [0.2, 0.25) is 0 Å². The molecule has 4 heteroatoms. The number of benzene rings is 2. The van der Waals surface area contributed by atoms with Crippen molar-refractivity contribution in [3.63, 3.8) is 0 Å². The summed E-state index contributed by atoms with van der Waals surface area (Å²) < 4.78 is 22.4. The van der Waals surface area contributed by atoms with Crippen LogP contribution >= 0.6 is 0 Å². The number of epoxide rings is 2. The number of hydrogen-bond acceptors (Lipinski definition) is 4. The monoisotopic (exact) mass is 434 g/mol. The van der Waals surface area contributed by atoms with E-state index in [1.807, 2.05) is 0 Å². The van der Waals surface area contributed by atoms with Gasteiger partial charge in [-0.25, -0.2) is 0 Å². The van der Waals surface area contributed by atoms with Gasteiger partial charge in [-0.2, -0.15) is 0 Å². The van der Waals surface area contributed by atoms with Crippen molar-refractivity contribution < 1.29 is 18.9 Å². The van der Waals surface area contributed by atoms with Crippen molar-refractivity contribution in [3.05, 3.63) is 65.2 Å². The lowest BCUT2D eigenvalue weighted by atomic mass is 9.80. The summed E-state index contributed by atoms with van der Waals surface area (Å²) in [5.41, 5.74) is 5.48. The lowest BCUT2D eigenvalue weighted by Gasteiger charge is -2.26. The molecular formula is C28H34O4. The molecule has 2 fully saturated rings. The zero-order chi connectivity index (χ0) is 22.1. The molecule has 0 saturated carbocycles. The van der Waals surface area contributed by atoms with Crippen molar-refractivity contribution >= 4 is 5.57 Å². The fourth-order valence-corrected chi connectivity index (χ4v) is 4.38. The van der Waals surface area contributed by atoms with Gasteiger partial charge in [-0.3, -0.25) is 0 Å². The van der Waals surface area contributed by atoms with Gasteiger partial charge in [0.15, 0.2) is 0 Å². The van der Waals surface area contributed by atoms with Gasteiger partial charge in [0.05, 0.1) is 13.2 Å². The molecule has 3 atom stereocenters. The average Bonchev–Trinajstić information content (AvgIpc) is 3.71. The highest BCUT2D eigenvalue weighted by Crippen LogP contribution is 2.39. The molecule has 0 bridgehead atoms. The number of allylic oxidation sites excluding steroid dienone is 2. The van der Waals surface area contributed by atoms with Crippen LogP contribution in [0.1, 0.15) is 62.6 Å². The Bertz CT molecular complexity index is 962. The highest BCUT2D eigenvalue weighted by Gasteiger charge is 2.26. The second-order valence-corrected chi connectivity index (χ2v) is 10.3. The third-order valence-electron chi connectivity index (χ3n) is 6.59. The van der Waals surface area contributed by atoms with Gasteiger partial charge in [-0.1, -0.05) is 45.0 Å². The van der Waals surface area contributed by atoms with Crippen LogP contribution in [0.15, 0.2) is 48.5 Å². The maximum absolute atomic E-state index is 6.09. The van der Waals surface area contributed by atoms with Crippen molar-refractivity contribution in [1.29, 1.82) is 0 Å². The van der Waals surface area contributed by atoms with Crippen molar-refractivity contribution in [2.75, 3.05) is 26.4 Å². The van der Waals surface area contributed by atoms with E-state index in [0.717, 1.165) is 37.6 Å². The van der Waals surface area contributed by atoms with Crippen molar-refractivity contribution in [2.24, 2.45) is 0 Å². The third kappa shape index (κ3) is 5.36. The molecule has 5 rings (SSSR count). The summed E-state index contributed by atoms with van der Waals surface area (Å²) in [5, 5.41) is 0. The van der Waals surface area contributed by atoms with Gasteiger partial charge in [0, 0.05) is 5.56 Å². The van der Waals surface area contributed by atoms with Gasteiger partial charge < -0.3 is 18.9 Å². The fourth-order valence-electron chi connectivity index (χ4n) is 4.38. The fraction of sp³-hybridized carbons (Fsp3) is 0.500. The summed E-state index contributed by atoms with van der Waals surface area (Å²) in [5.74, 6) is 2.49. The summed E-state index contributed by atoms with van der Waals surface area (Å²) in [6.07, 6.45) is 6.35. The van der Waals surface area contributed by atoms with Gasteiger partial charge in [-0.15, -0.1) is 0 Å². The molecule has 2 heterocycles. The normalized spacial score (nSPS) is 24.6. The van der Waals surface area contributed by atoms with Crippen LogP contribution in [0.3, 0.4) is 0 Å². The van der Waals surface area contributed by atoms with Gasteiger partial charge in [0.1, 0.15) is 36.9 Å². The van der Waals surface area contributed by atoms with E-state index in [1.165, 1.54) is 28.7 Å². The molecule has 0 aromatic heterocycles. The topological polar surface area (TPSA) is 43.5 Å². The molecule has 3 unspecified atom stereocenters. The van der Waals surface area contributed by atoms with Gasteiger partial charge >= 0.3 is 0 Å². The summed E-state index contributed by atoms with van der Waals surface area (Å²) >= 11 is 0. The largest absolute Gasteiger partial charge is 0.491 e. The van der Waals surface area contributed by atoms with Crippen molar-refractivity contribution in [3.8, 4) is 11.5 Å². The number of ether oxygens (including phenoxy) is 4. The summed E-state index contributed by atoms with van der Waals surface area (Å²) in [7, 11) is 0. The maximum atomic E-state index is 6.09. The van der Waals surface area contributed by atoms with Crippen molar-refractivity contribution in [2.45, 2.75) is 63.6 Å². The van der Waals surface area contributed by atoms with Crippen LogP contribution in [0.4, 0.5) is 0 Å². The van der Waals surface area contributed by atoms with E-state index in [9.17, 15) is 0 Å². The summed E-state index contributed by atoms with van der Waals surface area (Å²) in [6.45, 7) is 9.71. The molecule has 2 aromatic carbocycles. The highest BCUT2D eigenvalue weighted by molar-refractivity contribution is 5.68. The lowest BCUT2D eigenvalue weighted by Crippen LogP contribution is -2.15. The summed E-state index contributed by atoms with van der Waals surface area (Å²) in [6, 6.07) is 15.3. The van der Waals surface area contributed by atoms with E-state index >= 15 is 0 Å². The minimum absolute atomic E-state index is 0.0307. The van der Waals surface area contributed by atoms with Crippen LogP contribution in [0.25, 0.3) is 5.57 Å². The van der Waals surface area contributed by atoms with Crippen LogP contribution < -0.4 is 9.47 Å². The van der Waals surface area contributed by atoms with Crippen LogP contribution in [0.5, 0.6) is 11.5 Å². The number of hydrogen-bond donors (Lipinski definition) is 0. The quantitative estimate of drug-likeness (QED) is 0.486. The predicted octanol–water partition coefficient (Wildman–Crippen LogP) is 5.89. The van der Waals surface area contributed by atoms with Crippen LogP contribution in [-0.4, -0.2) is 38.6 Å². The standard InChI is InChI=1S/C28H34O4/c1-28(2,3)26-14-22(10-13-27(26)32-18-25-17-31-25)21-6-4-19(5-7-21)20-8-11-23(12-9-20)29-15-24-16-30-24/h6,8-14,19,24-25H,4-5,7,15-18H2,1-3H3. The molecule has 2 saturated heterocycles. The Hall–Kier alpha value is -2.30. The molecule has 0 spiro atoms. The molecule has 0 amide bonds. The molecule has 0 radical (unpaired) electrons. The van der Waals surface area contributed by atoms with E-state index in [-0.39, 0.29) is 11.5 Å². The van der Waals surface area contributed by atoms with E-state index in [2.05, 4.69) is 69.3 Å². The van der Waals surface area contributed by atoms with Gasteiger partial charge in [-0.05, 0) is 71.6 Å². The number of rotatable bonds is 8. The third-order valence-corrected chi connectivity index (χ3v) is 6.59. The Balaban J connectivity index is 1.25. The SMILES string of the molecule is CC(C)(C)c1cc(C2=CCC(c3ccc(OCC4CO4)cc3)CC2)ccc1OCC1CO1. The maximum Gasteiger partial charge on any atom is 0.123 e. The zero-order valence-corrected chi connectivity index (χ0v) is 19.4. The van der Waals surface area contributed by atoms with Crippen LogP contribution in [0.2, 0.25) is 0 Å². The minimum Gasteiger partial charge on any atom is -0.491 e. The average molecular weight is 435 g/mol. The molecule has 32 heavy (non-hydrogen) atoms. The first kappa shape index (κ1) is 21.5. The Labute approximate surface area is 191 Å². The first-order chi connectivity index (χ1) is 15.5. The van der Waals surface area contributed by atoms with Crippen molar-refractivity contribution in [1.82, 2.24) is 0 Å². The Kier molecular flexibility index (Phi) is 6.00. The summed E-state index contributed by atoms with van der Waals surface area (Å²) in [4.78, 5) is 0. The molecule has 0 N–H and O–H groups in total. The van der Waals surface area contributed by atoms with Crippen LogP contribution in [-0.2, 0) is 14.9 Å². The lowest BCUT2D eigenvalue weighted by molar-refractivity contribution is 0.258. The molecule has 170 valence electrons. The van der Waals surface area contributed by atoms with E-state index in [0.29, 0.717) is 25.2 Å². The molecule has 3 aliphatic rings. The van der Waals surface area contributed by atoms with E-state index < -0.39 is 0 Å². The molecule has 1 aliphatic carbocycles.